The van der Waals surface area contributed by atoms with Gasteiger partial charge in [0.25, 0.3) is 0 Å². The van der Waals surface area contributed by atoms with Crippen LogP contribution in [0.2, 0.25) is 0 Å². The molecule has 4 nitrogen and oxygen atoms in total. The van der Waals surface area contributed by atoms with E-state index in [2.05, 4.69) is 21.2 Å². The average molecular weight is 345 g/mol. The number of benzene rings is 1. The van der Waals surface area contributed by atoms with Crippen LogP contribution in [0.3, 0.4) is 0 Å². The Labute approximate surface area is 126 Å². The molecule has 2 rings (SSSR count). The van der Waals surface area contributed by atoms with Gasteiger partial charge in [0.2, 0.25) is 0 Å². The summed E-state index contributed by atoms with van der Waals surface area (Å²) in [6, 6.07) is 4.48. The van der Waals surface area contributed by atoms with Crippen molar-refractivity contribution >= 4 is 22.0 Å². The van der Waals surface area contributed by atoms with Crippen LogP contribution in [0.1, 0.15) is 18.4 Å². The van der Waals surface area contributed by atoms with Gasteiger partial charge in [0.05, 0.1) is 0 Å². The average Bonchev–Trinajstić information content (AvgIpc) is 2.48. The zero-order valence-corrected chi connectivity index (χ0v) is 12.7. The molecule has 1 heterocycles. The van der Waals surface area contributed by atoms with Crippen molar-refractivity contribution in [2.45, 2.75) is 19.4 Å². The largest absolute Gasteiger partial charge is 0.396 e. The number of carbonyl (C=O) groups excluding carboxylic acids is 1. The fraction of sp³-hybridized carbons (Fsp3) is 0.500. The predicted octanol–water partition coefficient (Wildman–Crippen LogP) is 2.50. The van der Waals surface area contributed by atoms with Gasteiger partial charge in [-0.05, 0) is 37.0 Å². The number of aliphatic hydroxyl groups excluding tert-OH is 1. The monoisotopic (exact) mass is 344 g/mol. The second-order valence-electron chi connectivity index (χ2n) is 5.01. The van der Waals surface area contributed by atoms with Gasteiger partial charge in [-0.1, -0.05) is 15.9 Å². The molecule has 110 valence electrons. The summed E-state index contributed by atoms with van der Waals surface area (Å²) >= 11 is 3.28. The molecule has 1 saturated heterocycles. The first kappa shape index (κ1) is 15.3. The molecule has 1 aromatic rings. The standard InChI is InChI=1S/C14H18BrFN2O2/c15-12-1-2-13(16)11(7-12)8-17-14(20)18-5-3-10(9-19)4-6-18/h1-2,7,10,19H,3-6,8-9H2,(H,17,20). The minimum Gasteiger partial charge on any atom is -0.396 e. The Morgan fingerprint density at radius 2 is 2.15 bits per heavy atom. The van der Waals surface area contributed by atoms with E-state index in [1.165, 1.54) is 6.07 Å². The summed E-state index contributed by atoms with van der Waals surface area (Å²) in [5, 5.41) is 11.8. The number of aliphatic hydroxyl groups is 1. The maximum atomic E-state index is 13.5. The third-order valence-electron chi connectivity index (χ3n) is 3.60. The summed E-state index contributed by atoms with van der Waals surface area (Å²) in [6.07, 6.45) is 1.63. The van der Waals surface area contributed by atoms with Gasteiger partial charge in [-0.15, -0.1) is 0 Å². The Bertz CT molecular complexity index is 476. The lowest BCUT2D eigenvalue weighted by Crippen LogP contribution is -2.44. The zero-order chi connectivity index (χ0) is 14.5. The van der Waals surface area contributed by atoms with Crippen molar-refractivity contribution in [1.82, 2.24) is 10.2 Å². The molecule has 2 amide bonds. The SMILES string of the molecule is O=C(NCc1cc(Br)ccc1F)N1CCC(CO)CC1. The molecule has 0 atom stereocenters. The molecule has 0 unspecified atom stereocenters. The minimum absolute atomic E-state index is 0.171. The normalized spacial score (nSPS) is 16.2. The first-order valence-electron chi connectivity index (χ1n) is 6.67. The van der Waals surface area contributed by atoms with Crippen molar-refractivity contribution in [3.63, 3.8) is 0 Å². The Hall–Kier alpha value is -1.14. The molecule has 20 heavy (non-hydrogen) atoms. The number of carbonyl (C=O) groups is 1. The third kappa shape index (κ3) is 3.93. The van der Waals surface area contributed by atoms with Crippen LogP contribution in [0.5, 0.6) is 0 Å². The summed E-state index contributed by atoms with van der Waals surface area (Å²) in [6.45, 7) is 1.62. The molecule has 1 aliphatic rings. The van der Waals surface area contributed by atoms with Crippen LogP contribution >= 0.6 is 15.9 Å². The highest BCUT2D eigenvalue weighted by Crippen LogP contribution is 2.17. The molecule has 0 aliphatic carbocycles. The Kier molecular flexibility index (Phi) is 5.37. The fourth-order valence-electron chi connectivity index (χ4n) is 2.28. The van der Waals surface area contributed by atoms with Crippen molar-refractivity contribution in [3.8, 4) is 0 Å². The van der Waals surface area contributed by atoms with Crippen LogP contribution in [0, 0.1) is 11.7 Å². The number of piperidine rings is 1. The molecule has 0 saturated carbocycles. The maximum Gasteiger partial charge on any atom is 0.317 e. The maximum absolute atomic E-state index is 13.5. The van der Waals surface area contributed by atoms with Gasteiger partial charge in [0, 0.05) is 36.3 Å². The van der Waals surface area contributed by atoms with E-state index in [0.29, 0.717) is 24.6 Å². The molecule has 1 aliphatic heterocycles. The molecular weight excluding hydrogens is 327 g/mol. The Morgan fingerprint density at radius 1 is 1.45 bits per heavy atom. The van der Waals surface area contributed by atoms with E-state index in [1.54, 1.807) is 17.0 Å². The van der Waals surface area contributed by atoms with E-state index in [9.17, 15) is 9.18 Å². The first-order chi connectivity index (χ1) is 9.60. The number of halogens is 2. The Morgan fingerprint density at radius 3 is 2.80 bits per heavy atom. The van der Waals surface area contributed by atoms with Gasteiger partial charge in [-0.2, -0.15) is 0 Å². The van der Waals surface area contributed by atoms with Crippen LogP contribution in [0.25, 0.3) is 0 Å². The van der Waals surface area contributed by atoms with Crippen LogP contribution in [-0.2, 0) is 6.54 Å². The smallest absolute Gasteiger partial charge is 0.317 e. The highest BCUT2D eigenvalue weighted by atomic mass is 79.9. The van der Waals surface area contributed by atoms with Crippen LogP contribution < -0.4 is 5.32 Å². The summed E-state index contributed by atoms with van der Waals surface area (Å²) in [5.41, 5.74) is 0.456. The van der Waals surface area contributed by atoms with Gasteiger partial charge in [0.15, 0.2) is 0 Å². The predicted molar refractivity (Wildman–Crippen MR) is 77.7 cm³/mol. The lowest BCUT2D eigenvalue weighted by Gasteiger charge is -2.31. The Balaban J connectivity index is 1.85. The molecule has 1 aromatic carbocycles. The first-order valence-corrected chi connectivity index (χ1v) is 7.47. The van der Waals surface area contributed by atoms with Gasteiger partial charge in [-0.25, -0.2) is 9.18 Å². The van der Waals surface area contributed by atoms with Crippen molar-refractivity contribution in [2.75, 3.05) is 19.7 Å². The molecule has 6 heteroatoms. The zero-order valence-electron chi connectivity index (χ0n) is 11.1. The summed E-state index contributed by atoms with van der Waals surface area (Å²) < 4.78 is 14.3. The quantitative estimate of drug-likeness (QED) is 0.885. The number of hydrogen-bond donors (Lipinski definition) is 2. The number of hydrogen-bond acceptors (Lipinski definition) is 2. The van der Waals surface area contributed by atoms with E-state index in [-0.39, 0.29) is 25.0 Å². The molecule has 0 radical (unpaired) electrons. The number of likely N-dealkylation sites (tertiary alicyclic amines) is 1. The van der Waals surface area contributed by atoms with E-state index in [1.807, 2.05) is 0 Å². The number of urea groups is 1. The van der Waals surface area contributed by atoms with E-state index >= 15 is 0 Å². The van der Waals surface area contributed by atoms with Crippen molar-refractivity contribution < 1.29 is 14.3 Å². The van der Waals surface area contributed by atoms with Crippen LogP contribution in [0.15, 0.2) is 22.7 Å². The number of rotatable bonds is 3. The number of nitrogens with zero attached hydrogens (tertiary/aromatic N) is 1. The van der Waals surface area contributed by atoms with Crippen molar-refractivity contribution in [1.29, 1.82) is 0 Å². The lowest BCUT2D eigenvalue weighted by atomic mass is 9.98. The number of nitrogens with one attached hydrogen (secondary N) is 1. The van der Waals surface area contributed by atoms with Crippen LogP contribution in [0.4, 0.5) is 9.18 Å². The second kappa shape index (κ2) is 7.04. The molecule has 0 aromatic heterocycles. The minimum atomic E-state index is -0.326. The van der Waals surface area contributed by atoms with E-state index in [4.69, 9.17) is 5.11 Å². The van der Waals surface area contributed by atoms with Gasteiger partial charge >= 0.3 is 6.03 Å². The van der Waals surface area contributed by atoms with Crippen LogP contribution in [-0.4, -0.2) is 35.7 Å². The number of amides is 2. The highest BCUT2D eigenvalue weighted by molar-refractivity contribution is 9.10. The van der Waals surface area contributed by atoms with Crippen molar-refractivity contribution in [2.24, 2.45) is 5.92 Å². The molecule has 0 bridgehead atoms. The molecule has 2 N–H and O–H groups in total. The van der Waals surface area contributed by atoms with Gasteiger partial charge < -0.3 is 15.3 Å². The summed E-state index contributed by atoms with van der Waals surface area (Å²) in [7, 11) is 0. The molecule has 1 fully saturated rings. The summed E-state index contributed by atoms with van der Waals surface area (Å²) in [5.74, 6) is -0.0333. The summed E-state index contributed by atoms with van der Waals surface area (Å²) in [4.78, 5) is 13.7. The lowest BCUT2D eigenvalue weighted by molar-refractivity contribution is 0.137. The van der Waals surface area contributed by atoms with Gasteiger partial charge in [0.1, 0.15) is 5.82 Å². The second-order valence-corrected chi connectivity index (χ2v) is 5.92. The van der Waals surface area contributed by atoms with Crippen molar-refractivity contribution in [3.05, 3.63) is 34.1 Å². The highest BCUT2D eigenvalue weighted by Gasteiger charge is 2.22. The topological polar surface area (TPSA) is 52.6 Å². The third-order valence-corrected chi connectivity index (χ3v) is 4.09. The van der Waals surface area contributed by atoms with E-state index < -0.39 is 0 Å². The van der Waals surface area contributed by atoms with E-state index in [0.717, 1.165) is 17.3 Å². The molecule has 0 spiro atoms. The fourth-order valence-corrected chi connectivity index (χ4v) is 2.69. The van der Waals surface area contributed by atoms with Gasteiger partial charge in [-0.3, -0.25) is 0 Å². The molecular formula is C14H18BrFN2O2.